The predicted molar refractivity (Wildman–Crippen MR) is 104 cm³/mol. The summed E-state index contributed by atoms with van der Waals surface area (Å²) >= 11 is 5.98. The van der Waals surface area contributed by atoms with Crippen LogP contribution in [0.3, 0.4) is 0 Å². The number of carbonyl (C=O) groups is 2. The highest BCUT2D eigenvalue weighted by atomic mass is 35.5. The molecule has 27 heavy (non-hydrogen) atoms. The molecule has 6 nitrogen and oxygen atoms in total. The van der Waals surface area contributed by atoms with Crippen molar-refractivity contribution in [2.24, 2.45) is 0 Å². The molecule has 1 aliphatic rings. The zero-order valence-electron chi connectivity index (χ0n) is 15.0. The Labute approximate surface area is 162 Å². The van der Waals surface area contributed by atoms with E-state index in [0.29, 0.717) is 34.1 Å². The minimum atomic E-state index is -0.318. The monoisotopic (exact) mass is 388 g/mol. The van der Waals surface area contributed by atoms with Gasteiger partial charge in [0.2, 0.25) is 0 Å². The maximum Gasteiger partial charge on any atom is 0.255 e. The molecule has 0 aliphatic carbocycles. The highest BCUT2D eigenvalue weighted by molar-refractivity contribution is 6.31. The van der Waals surface area contributed by atoms with E-state index in [2.05, 4.69) is 10.6 Å². The number of benzene rings is 2. The van der Waals surface area contributed by atoms with Gasteiger partial charge in [0, 0.05) is 29.3 Å². The van der Waals surface area contributed by atoms with Crippen LogP contribution in [0.5, 0.6) is 5.75 Å². The molecule has 1 saturated heterocycles. The molecule has 0 saturated carbocycles. The second-order valence-electron chi connectivity index (χ2n) is 6.22. The number of hydrogen-bond acceptors (Lipinski definition) is 4. The van der Waals surface area contributed by atoms with E-state index < -0.39 is 0 Å². The zero-order valence-corrected chi connectivity index (χ0v) is 15.7. The van der Waals surface area contributed by atoms with Crippen LogP contribution >= 0.6 is 11.6 Å². The first-order chi connectivity index (χ1) is 13.1. The summed E-state index contributed by atoms with van der Waals surface area (Å²) in [5, 5.41) is 6.11. The molecular weight excluding hydrogens is 368 g/mol. The van der Waals surface area contributed by atoms with Crippen molar-refractivity contribution in [3.8, 4) is 5.75 Å². The summed E-state index contributed by atoms with van der Waals surface area (Å²) in [6, 6.07) is 11.4. The van der Waals surface area contributed by atoms with Crippen LogP contribution in [0.25, 0.3) is 0 Å². The lowest BCUT2D eigenvalue weighted by Crippen LogP contribution is -2.31. The largest absolute Gasteiger partial charge is 0.495 e. The standard InChI is InChI=1S/C20H21ClN2O4/c1-26-18-9-8-15(21)11-17(18)23-20(25)14-6-4-13(5-7-14)19(24)22-12-16-3-2-10-27-16/h4-9,11,16H,2-3,10,12H2,1H3,(H,22,24)(H,23,25). The average molecular weight is 389 g/mol. The molecule has 2 amide bonds. The van der Waals surface area contributed by atoms with Crippen LogP contribution in [0.1, 0.15) is 33.6 Å². The minimum Gasteiger partial charge on any atom is -0.495 e. The summed E-state index contributed by atoms with van der Waals surface area (Å²) in [5.41, 5.74) is 1.39. The second kappa shape index (κ2) is 8.88. The molecule has 1 heterocycles. The van der Waals surface area contributed by atoms with Gasteiger partial charge in [0.25, 0.3) is 11.8 Å². The quantitative estimate of drug-likeness (QED) is 0.793. The lowest BCUT2D eigenvalue weighted by molar-refractivity contribution is 0.0857. The van der Waals surface area contributed by atoms with Crippen molar-refractivity contribution < 1.29 is 19.1 Å². The maximum absolute atomic E-state index is 12.4. The van der Waals surface area contributed by atoms with E-state index in [-0.39, 0.29) is 17.9 Å². The molecule has 7 heteroatoms. The molecule has 0 spiro atoms. The first-order valence-corrected chi connectivity index (χ1v) is 9.09. The SMILES string of the molecule is COc1ccc(Cl)cc1NC(=O)c1ccc(C(=O)NCC2CCCO2)cc1. The molecule has 0 radical (unpaired) electrons. The number of hydrogen-bond donors (Lipinski definition) is 2. The molecule has 1 fully saturated rings. The number of methoxy groups -OCH3 is 1. The van der Waals surface area contributed by atoms with Crippen molar-refractivity contribution in [1.29, 1.82) is 0 Å². The summed E-state index contributed by atoms with van der Waals surface area (Å²) in [5.74, 6) is 0.00808. The predicted octanol–water partition coefficient (Wildman–Crippen LogP) is 3.51. The Morgan fingerprint density at radius 2 is 1.85 bits per heavy atom. The topological polar surface area (TPSA) is 76.7 Å². The van der Waals surface area contributed by atoms with Gasteiger partial charge in [-0.05, 0) is 55.3 Å². The van der Waals surface area contributed by atoms with Crippen LogP contribution < -0.4 is 15.4 Å². The smallest absolute Gasteiger partial charge is 0.255 e. The van der Waals surface area contributed by atoms with Gasteiger partial charge in [0.1, 0.15) is 5.75 Å². The van der Waals surface area contributed by atoms with Crippen LogP contribution in [0.2, 0.25) is 5.02 Å². The third-order valence-corrected chi connectivity index (χ3v) is 4.57. The second-order valence-corrected chi connectivity index (χ2v) is 6.66. The summed E-state index contributed by atoms with van der Waals surface area (Å²) in [6.45, 7) is 1.25. The molecule has 2 N–H and O–H groups in total. The first kappa shape index (κ1) is 19.2. The molecule has 0 aromatic heterocycles. The van der Waals surface area contributed by atoms with Gasteiger partial charge in [-0.2, -0.15) is 0 Å². The van der Waals surface area contributed by atoms with E-state index >= 15 is 0 Å². The van der Waals surface area contributed by atoms with Gasteiger partial charge in [0.05, 0.1) is 18.9 Å². The zero-order chi connectivity index (χ0) is 19.2. The molecular formula is C20H21ClN2O4. The van der Waals surface area contributed by atoms with Gasteiger partial charge < -0.3 is 20.1 Å². The summed E-state index contributed by atoms with van der Waals surface area (Å²) in [6.07, 6.45) is 2.08. The molecule has 2 aromatic rings. The van der Waals surface area contributed by atoms with Gasteiger partial charge in [-0.15, -0.1) is 0 Å². The number of amides is 2. The summed E-state index contributed by atoms with van der Waals surface area (Å²) in [4.78, 5) is 24.6. The Morgan fingerprint density at radius 3 is 2.48 bits per heavy atom. The van der Waals surface area contributed by atoms with Gasteiger partial charge in [0.15, 0.2) is 0 Å². The molecule has 0 bridgehead atoms. The van der Waals surface area contributed by atoms with E-state index in [4.69, 9.17) is 21.1 Å². The Hall–Kier alpha value is -2.57. The van der Waals surface area contributed by atoms with Crippen molar-refractivity contribution >= 4 is 29.1 Å². The Bertz CT molecular complexity index is 817. The Kier molecular flexibility index (Phi) is 6.32. The number of rotatable bonds is 6. The lowest BCUT2D eigenvalue weighted by atomic mass is 10.1. The van der Waals surface area contributed by atoms with E-state index in [0.717, 1.165) is 19.4 Å². The van der Waals surface area contributed by atoms with E-state index in [9.17, 15) is 9.59 Å². The van der Waals surface area contributed by atoms with Crippen LogP contribution in [0, 0.1) is 0 Å². The van der Waals surface area contributed by atoms with Crippen molar-refractivity contribution in [2.45, 2.75) is 18.9 Å². The highest BCUT2D eigenvalue weighted by Gasteiger charge is 2.17. The van der Waals surface area contributed by atoms with Gasteiger partial charge >= 0.3 is 0 Å². The van der Waals surface area contributed by atoms with Crippen LogP contribution in [0.4, 0.5) is 5.69 Å². The molecule has 2 aromatic carbocycles. The number of anilines is 1. The normalized spacial score (nSPS) is 16.0. The third kappa shape index (κ3) is 4.99. The van der Waals surface area contributed by atoms with Crippen molar-refractivity contribution in [1.82, 2.24) is 5.32 Å². The number of nitrogens with one attached hydrogen (secondary N) is 2. The summed E-state index contributed by atoms with van der Waals surface area (Å²) in [7, 11) is 1.52. The highest BCUT2D eigenvalue weighted by Crippen LogP contribution is 2.28. The molecule has 142 valence electrons. The van der Waals surface area contributed by atoms with Crippen LogP contribution in [0.15, 0.2) is 42.5 Å². The Morgan fingerprint density at radius 1 is 1.15 bits per heavy atom. The van der Waals surface area contributed by atoms with Crippen molar-refractivity contribution in [3.05, 3.63) is 58.6 Å². The molecule has 3 rings (SSSR count). The van der Waals surface area contributed by atoms with Crippen LogP contribution in [-0.4, -0.2) is 38.2 Å². The van der Waals surface area contributed by atoms with E-state index in [1.165, 1.54) is 7.11 Å². The fourth-order valence-electron chi connectivity index (χ4n) is 2.86. The number of ether oxygens (including phenoxy) is 2. The van der Waals surface area contributed by atoms with Crippen molar-refractivity contribution in [3.63, 3.8) is 0 Å². The third-order valence-electron chi connectivity index (χ3n) is 4.33. The number of halogens is 1. The van der Waals surface area contributed by atoms with Crippen molar-refractivity contribution in [2.75, 3.05) is 25.6 Å². The maximum atomic E-state index is 12.4. The molecule has 1 atom stereocenters. The molecule has 1 unspecified atom stereocenters. The average Bonchev–Trinajstić information content (AvgIpc) is 3.20. The van der Waals surface area contributed by atoms with Crippen LogP contribution in [-0.2, 0) is 4.74 Å². The fraction of sp³-hybridized carbons (Fsp3) is 0.300. The van der Waals surface area contributed by atoms with E-state index in [1.807, 2.05) is 0 Å². The molecule has 1 aliphatic heterocycles. The number of carbonyl (C=O) groups excluding carboxylic acids is 2. The fourth-order valence-corrected chi connectivity index (χ4v) is 3.03. The lowest BCUT2D eigenvalue weighted by Gasteiger charge is -2.12. The minimum absolute atomic E-state index is 0.0895. The van der Waals surface area contributed by atoms with Gasteiger partial charge in [-0.3, -0.25) is 9.59 Å². The Balaban J connectivity index is 1.61. The van der Waals surface area contributed by atoms with Gasteiger partial charge in [-0.25, -0.2) is 0 Å². The first-order valence-electron chi connectivity index (χ1n) is 8.71. The van der Waals surface area contributed by atoms with Gasteiger partial charge in [-0.1, -0.05) is 11.6 Å². The van der Waals surface area contributed by atoms with E-state index in [1.54, 1.807) is 42.5 Å². The summed E-state index contributed by atoms with van der Waals surface area (Å²) < 4.78 is 10.7.